The van der Waals surface area contributed by atoms with Crippen LogP contribution in [0, 0.1) is 10.1 Å². The van der Waals surface area contributed by atoms with Gasteiger partial charge in [0.05, 0.1) is 4.92 Å². The van der Waals surface area contributed by atoms with Crippen molar-refractivity contribution in [2.45, 2.75) is 17.7 Å². The largest absolute Gasteiger partial charge is 0.371 e. The number of para-hydroxylation sites is 1. The van der Waals surface area contributed by atoms with Gasteiger partial charge >= 0.3 is 5.69 Å². The Morgan fingerprint density at radius 1 is 1.12 bits per heavy atom. The zero-order chi connectivity index (χ0) is 18.0. The van der Waals surface area contributed by atoms with Crippen molar-refractivity contribution in [1.29, 1.82) is 0 Å². The molecule has 25 heavy (non-hydrogen) atoms. The van der Waals surface area contributed by atoms with Gasteiger partial charge in [0.2, 0.25) is 0 Å². The van der Waals surface area contributed by atoms with Gasteiger partial charge in [0.1, 0.15) is 10.6 Å². The fraction of sp³-hybridized carbons (Fsp3) is 0.294. The summed E-state index contributed by atoms with van der Waals surface area (Å²) in [7, 11) is -3.70. The van der Waals surface area contributed by atoms with E-state index in [9.17, 15) is 18.5 Å². The minimum atomic E-state index is -3.70. The van der Waals surface area contributed by atoms with Crippen molar-refractivity contribution in [1.82, 2.24) is 0 Å². The van der Waals surface area contributed by atoms with E-state index in [1.54, 1.807) is 6.07 Å². The van der Waals surface area contributed by atoms with Gasteiger partial charge < -0.3 is 10.2 Å². The smallest absolute Gasteiger partial charge is 0.311 e. The highest BCUT2D eigenvalue weighted by atomic mass is 32.2. The molecule has 1 fully saturated rings. The molecule has 3 rings (SSSR count). The van der Waals surface area contributed by atoms with E-state index in [1.165, 1.54) is 18.2 Å². The van der Waals surface area contributed by atoms with E-state index in [-0.39, 0.29) is 10.6 Å². The summed E-state index contributed by atoms with van der Waals surface area (Å²) in [5.41, 5.74) is 1.45. The highest BCUT2D eigenvalue weighted by Gasteiger charge is 2.26. The molecule has 7 nitrogen and oxygen atoms in total. The van der Waals surface area contributed by atoms with Crippen LogP contribution >= 0.6 is 0 Å². The molecule has 0 radical (unpaired) electrons. The second-order valence-corrected chi connectivity index (χ2v) is 8.04. The molecule has 1 aliphatic rings. The van der Waals surface area contributed by atoms with Crippen molar-refractivity contribution in [3.8, 4) is 0 Å². The van der Waals surface area contributed by atoms with Crippen molar-refractivity contribution in [2.24, 2.45) is 0 Å². The maximum atomic E-state index is 11.9. The van der Waals surface area contributed by atoms with Gasteiger partial charge in [-0.3, -0.25) is 10.1 Å². The van der Waals surface area contributed by atoms with E-state index >= 15 is 0 Å². The molecule has 0 atom stereocenters. The zero-order valence-electron chi connectivity index (χ0n) is 13.8. The fourth-order valence-corrected chi connectivity index (χ4v) is 3.88. The zero-order valence-corrected chi connectivity index (χ0v) is 14.6. The first-order valence-electron chi connectivity index (χ1n) is 7.96. The van der Waals surface area contributed by atoms with Gasteiger partial charge in [-0.25, -0.2) is 8.42 Å². The van der Waals surface area contributed by atoms with Crippen molar-refractivity contribution in [3.05, 3.63) is 52.6 Å². The molecule has 8 heteroatoms. The van der Waals surface area contributed by atoms with Crippen molar-refractivity contribution >= 4 is 32.6 Å². The summed E-state index contributed by atoms with van der Waals surface area (Å²) in [6.07, 6.45) is 3.27. The highest BCUT2D eigenvalue weighted by molar-refractivity contribution is 7.90. The number of nitrogens with zero attached hydrogens (tertiary/aromatic N) is 2. The fourth-order valence-electron chi connectivity index (χ4n) is 3.02. The van der Waals surface area contributed by atoms with Gasteiger partial charge in [-0.2, -0.15) is 0 Å². The molecular weight excluding hydrogens is 342 g/mol. The van der Waals surface area contributed by atoms with E-state index in [0.717, 1.165) is 37.9 Å². The Labute approximate surface area is 146 Å². The minimum absolute atomic E-state index is 0.159. The topological polar surface area (TPSA) is 92.6 Å². The number of nitro benzene ring substituents is 1. The lowest BCUT2D eigenvalue weighted by atomic mass is 10.2. The Balaban J connectivity index is 1.98. The van der Waals surface area contributed by atoms with Crippen molar-refractivity contribution in [2.75, 3.05) is 29.6 Å². The Bertz CT molecular complexity index is 906. The van der Waals surface area contributed by atoms with Crippen LogP contribution in [0.3, 0.4) is 0 Å². The van der Waals surface area contributed by atoms with E-state index in [1.807, 2.05) is 18.2 Å². The van der Waals surface area contributed by atoms with Crippen LogP contribution in [0.4, 0.5) is 22.7 Å². The lowest BCUT2D eigenvalue weighted by molar-refractivity contribution is -0.386. The van der Waals surface area contributed by atoms with Gasteiger partial charge in [0.15, 0.2) is 9.84 Å². The van der Waals surface area contributed by atoms with Crippen LogP contribution in [-0.2, 0) is 9.84 Å². The average Bonchev–Trinajstić information content (AvgIpc) is 3.08. The summed E-state index contributed by atoms with van der Waals surface area (Å²) in [4.78, 5) is 12.7. The summed E-state index contributed by atoms with van der Waals surface area (Å²) in [6.45, 7) is 1.99. The number of hydrogen-bond acceptors (Lipinski definition) is 6. The Hall–Kier alpha value is -2.61. The molecular formula is C17H19N3O4S. The third kappa shape index (κ3) is 3.74. The first-order valence-corrected chi connectivity index (χ1v) is 9.85. The molecule has 132 valence electrons. The monoisotopic (exact) mass is 361 g/mol. The first kappa shape index (κ1) is 17.2. The molecule has 0 aliphatic carbocycles. The molecule has 1 saturated heterocycles. The summed E-state index contributed by atoms with van der Waals surface area (Å²) < 4.78 is 23.7. The van der Waals surface area contributed by atoms with Gasteiger partial charge in [-0.05, 0) is 43.2 Å². The number of hydrogen-bond donors (Lipinski definition) is 1. The number of sulfone groups is 1. The van der Waals surface area contributed by atoms with Crippen LogP contribution < -0.4 is 10.2 Å². The normalized spacial score (nSPS) is 14.5. The summed E-state index contributed by atoms with van der Waals surface area (Å²) in [6, 6.07) is 11.9. The lowest BCUT2D eigenvalue weighted by Crippen LogP contribution is -2.17. The lowest BCUT2D eigenvalue weighted by Gasteiger charge is -2.18. The predicted molar refractivity (Wildman–Crippen MR) is 97.4 cm³/mol. The molecule has 0 aromatic heterocycles. The molecule has 1 heterocycles. The van der Waals surface area contributed by atoms with Crippen LogP contribution in [0.1, 0.15) is 12.8 Å². The molecule has 0 unspecified atom stereocenters. The molecule has 0 saturated carbocycles. The van der Waals surface area contributed by atoms with Gasteiger partial charge in [-0.1, -0.05) is 12.1 Å². The van der Waals surface area contributed by atoms with Crippen LogP contribution in [0.2, 0.25) is 0 Å². The quantitative estimate of drug-likeness (QED) is 0.648. The van der Waals surface area contributed by atoms with E-state index < -0.39 is 20.4 Å². The molecule has 2 aromatic carbocycles. The van der Waals surface area contributed by atoms with E-state index in [4.69, 9.17) is 0 Å². The molecule has 0 amide bonds. The minimum Gasteiger partial charge on any atom is -0.371 e. The Kier molecular flexibility index (Phi) is 4.63. The second-order valence-electron chi connectivity index (χ2n) is 6.05. The standard InChI is InChI=1S/C17H19N3O4S/c1-25(23,24)16-9-5-8-15(17(16)20(21)22)18-13-6-4-7-14(12-13)19-10-2-3-11-19/h4-9,12,18H,2-3,10-11H2,1H3. The van der Waals surface area contributed by atoms with E-state index in [2.05, 4.69) is 10.2 Å². The third-order valence-corrected chi connectivity index (χ3v) is 5.31. The Morgan fingerprint density at radius 3 is 2.44 bits per heavy atom. The molecule has 0 spiro atoms. The third-order valence-electron chi connectivity index (χ3n) is 4.18. The van der Waals surface area contributed by atoms with Crippen molar-refractivity contribution in [3.63, 3.8) is 0 Å². The second kappa shape index (κ2) is 6.72. The average molecular weight is 361 g/mol. The number of nitrogens with one attached hydrogen (secondary N) is 1. The number of anilines is 3. The molecule has 2 aromatic rings. The number of benzene rings is 2. The van der Waals surface area contributed by atoms with E-state index in [0.29, 0.717) is 5.69 Å². The number of rotatable bonds is 5. The SMILES string of the molecule is CS(=O)(=O)c1cccc(Nc2cccc(N3CCCC3)c2)c1[N+](=O)[O-]. The van der Waals surface area contributed by atoms with Crippen LogP contribution in [0.15, 0.2) is 47.4 Å². The van der Waals surface area contributed by atoms with Gasteiger partial charge in [0, 0.05) is 30.7 Å². The van der Waals surface area contributed by atoms with Crippen LogP contribution in [-0.4, -0.2) is 32.7 Å². The summed E-state index contributed by atoms with van der Waals surface area (Å²) in [5.74, 6) is 0. The van der Waals surface area contributed by atoms with Crippen LogP contribution in [0.25, 0.3) is 0 Å². The van der Waals surface area contributed by atoms with Crippen LogP contribution in [0.5, 0.6) is 0 Å². The maximum Gasteiger partial charge on any atom is 0.311 e. The predicted octanol–water partition coefficient (Wildman–Crippen LogP) is 3.34. The Morgan fingerprint density at radius 2 is 1.80 bits per heavy atom. The summed E-state index contributed by atoms with van der Waals surface area (Å²) in [5, 5.41) is 14.4. The van der Waals surface area contributed by atoms with Gasteiger partial charge in [-0.15, -0.1) is 0 Å². The maximum absolute atomic E-state index is 11.9. The summed E-state index contributed by atoms with van der Waals surface area (Å²) >= 11 is 0. The molecule has 1 aliphatic heterocycles. The van der Waals surface area contributed by atoms with Gasteiger partial charge in [0.25, 0.3) is 0 Å². The first-order chi connectivity index (χ1) is 11.9. The van der Waals surface area contributed by atoms with Crippen molar-refractivity contribution < 1.29 is 13.3 Å². The molecule has 1 N–H and O–H groups in total. The highest BCUT2D eigenvalue weighted by Crippen LogP contribution is 2.34. The molecule has 0 bridgehead atoms. The number of nitro groups is 1.